The highest BCUT2D eigenvalue weighted by Crippen LogP contribution is 2.38. The minimum Gasteiger partial charge on any atom is -0.416 e. The lowest BCUT2D eigenvalue weighted by atomic mass is 10.3. The Morgan fingerprint density at radius 2 is 2.09 bits per heavy atom. The topological polar surface area (TPSA) is 51.8 Å². The van der Waals surface area contributed by atoms with Crippen molar-refractivity contribution in [2.45, 2.75) is 22.2 Å². The Morgan fingerprint density at radius 3 is 2.83 bits per heavy atom. The second kappa shape index (κ2) is 6.40. The second-order valence-electron chi connectivity index (χ2n) is 4.35. The lowest BCUT2D eigenvalue weighted by Crippen LogP contribution is -1.99. The third kappa shape index (κ3) is 3.78. The molecule has 3 aromatic rings. The summed E-state index contributed by atoms with van der Waals surface area (Å²) in [5, 5.41) is 0. The molecule has 3 rings (SSSR count). The summed E-state index contributed by atoms with van der Waals surface area (Å²) >= 11 is 1.35. The average Bonchev–Trinajstić information content (AvgIpc) is 2.89. The quantitative estimate of drug-likeness (QED) is 0.612. The molecular weight excluding hydrogens is 347 g/mol. The number of pyridine rings is 2. The third-order valence-corrected chi connectivity index (χ3v) is 4.35. The molecule has 3 heterocycles. The first-order chi connectivity index (χ1) is 11.0. The Morgan fingerprint density at radius 1 is 1.26 bits per heavy atom. The van der Waals surface area contributed by atoms with E-state index in [-0.39, 0.29) is 33.8 Å². The minimum absolute atomic E-state index is 0.0333. The smallest absolute Gasteiger partial charge is 0.416 e. The predicted octanol–water partition coefficient (Wildman–Crippen LogP) is 5.01. The molecule has 120 valence electrons. The summed E-state index contributed by atoms with van der Waals surface area (Å²) < 4.78 is 42.8. The van der Waals surface area contributed by atoms with Gasteiger partial charge < -0.3 is 4.42 Å². The fourth-order valence-corrected chi connectivity index (χ4v) is 3.22. The van der Waals surface area contributed by atoms with Gasteiger partial charge in [0.15, 0.2) is 0 Å². The van der Waals surface area contributed by atoms with Crippen molar-refractivity contribution in [3.05, 3.63) is 30.6 Å². The molecule has 9 heteroatoms. The highest BCUT2D eigenvalue weighted by molar-refractivity contribution is 8.00. The van der Waals surface area contributed by atoms with Gasteiger partial charge in [0.05, 0.1) is 0 Å². The first-order valence-corrected chi connectivity index (χ1v) is 8.37. The van der Waals surface area contributed by atoms with E-state index in [2.05, 4.69) is 15.0 Å². The molecule has 0 fully saturated rings. The van der Waals surface area contributed by atoms with Crippen LogP contribution < -0.4 is 0 Å². The molecule has 3 aromatic heterocycles. The molecule has 0 aliphatic carbocycles. The number of hydrogen-bond donors (Lipinski definition) is 0. The van der Waals surface area contributed by atoms with Crippen LogP contribution in [0.5, 0.6) is 0 Å². The fourth-order valence-electron chi connectivity index (χ4n) is 1.92. The van der Waals surface area contributed by atoms with Crippen molar-refractivity contribution in [1.82, 2.24) is 15.0 Å². The van der Waals surface area contributed by atoms with Gasteiger partial charge in [0.1, 0.15) is 11.2 Å². The summed E-state index contributed by atoms with van der Waals surface area (Å²) in [6, 6.07) is 5.01. The van der Waals surface area contributed by atoms with Gasteiger partial charge in [-0.25, -0.2) is 15.0 Å². The van der Waals surface area contributed by atoms with Gasteiger partial charge in [0.2, 0.25) is 11.6 Å². The van der Waals surface area contributed by atoms with Crippen molar-refractivity contribution in [3.8, 4) is 11.6 Å². The minimum atomic E-state index is -4.37. The number of alkyl halides is 3. The number of nitrogens with zero attached hydrogens (tertiary/aromatic N) is 3. The summed E-state index contributed by atoms with van der Waals surface area (Å²) in [5.41, 5.74) is -3.35. The zero-order valence-electron chi connectivity index (χ0n) is 11.8. The number of aromatic nitrogens is 3. The maximum atomic E-state index is 12.4. The number of oxazole rings is 1. The summed E-state index contributed by atoms with van der Waals surface area (Å²) in [4.78, 5) is 13.2. The van der Waals surface area contributed by atoms with E-state index in [1.165, 1.54) is 6.07 Å². The normalized spacial score (nSPS) is 12.0. The molecular formula is C14H10F3N3OS2. The van der Waals surface area contributed by atoms with Crippen LogP contribution in [0.25, 0.3) is 22.8 Å². The largest absolute Gasteiger partial charge is 0.446 e. The number of hydrogen-bond acceptors (Lipinski definition) is 6. The first kappa shape index (κ1) is 16.1. The van der Waals surface area contributed by atoms with Crippen LogP contribution in [0, 0.1) is 0 Å². The summed E-state index contributed by atoms with van der Waals surface area (Å²) in [5.74, 6) is 1.10. The van der Waals surface area contributed by atoms with Gasteiger partial charge in [-0.2, -0.15) is 13.2 Å². The van der Waals surface area contributed by atoms with Crippen LogP contribution >= 0.6 is 23.5 Å². The SMILES string of the molecule is CCSc1cccnc1-c1nc2cc(SC(F)(F)F)cnc2o1. The van der Waals surface area contributed by atoms with E-state index in [4.69, 9.17) is 4.42 Å². The van der Waals surface area contributed by atoms with Crippen LogP contribution in [0.1, 0.15) is 6.92 Å². The van der Waals surface area contributed by atoms with Crippen LogP contribution in [-0.4, -0.2) is 26.2 Å². The van der Waals surface area contributed by atoms with Crippen molar-refractivity contribution in [1.29, 1.82) is 0 Å². The van der Waals surface area contributed by atoms with Crippen molar-refractivity contribution < 1.29 is 17.6 Å². The molecule has 0 aliphatic heterocycles. The number of fused-ring (bicyclic) bond motifs is 1. The maximum Gasteiger partial charge on any atom is 0.446 e. The maximum absolute atomic E-state index is 12.4. The van der Waals surface area contributed by atoms with Crippen molar-refractivity contribution in [3.63, 3.8) is 0 Å². The Bertz CT molecular complexity index is 835. The van der Waals surface area contributed by atoms with E-state index in [0.717, 1.165) is 16.8 Å². The van der Waals surface area contributed by atoms with Gasteiger partial charge in [-0.15, -0.1) is 11.8 Å². The van der Waals surface area contributed by atoms with Gasteiger partial charge >= 0.3 is 5.51 Å². The van der Waals surface area contributed by atoms with Crippen LogP contribution in [-0.2, 0) is 0 Å². The average molecular weight is 357 g/mol. The zero-order valence-corrected chi connectivity index (χ0v) is 13.4. The number of rotatable bonds is 4. The molecule has 23 heavy (non-hydrogen) atoms. The molecule has 4 nitrogen and oxygen atoms in total. The molecule has 0 saturated carbocycles. The lowest BCUT2D eigenvalue weighted by Gasteiger charge is -2.03. The summed E-state index contributed by atoms with van der Waals surface area (Å²) in [7, 11) is 0. The van der Waals surface area contributed by atoms with Gasteiger partial charge in [-0.05, 0) is 35.7 Å². The van der Waals surface area contributed by atoms with Crippen LogP contribution in [0.4, 0.5) is 13.2 Å². The van der Waals surface area contributed by atoms with Gasteiger partial charge in [-0.1, -0.05) is 6.92 Å². The third-order valence-electron chi connectivity index (χ3n) is 2.73. The predicted molar refractivity (Wildman–Crippen MR) is 83.3 cm³/mol. The fraction of sp³-hybridized carbons (Fsp3) is 0.214. The number of thioether (sulfide) groups is 2. The molecule has 0 unspecified atom stereocenters. The van der Waals surface area contributed by atoms with E-state index in [1.54, 1.807) is 24.0 Å². The summed E-state index contributed by atoms with van der Waals surface area (Å²) in [6.45, 7) is 2.01. The van der Waals surface area contributed by atoms with E-state index < -0.39 is 5.51 Å². The van der Waals surface area contributed by atoms with Crippen molar-refractivity contribution in [2.24, 2.45) is 0 Å². The molecule has 0 bridgehead atoms. The Hall–Kier alpha value is -1.74. The van der Waals surface area contributed by atoms with E-state index >= 15 is 0 Å². The molecule has 0 aromatic carbocycles. The Kier molecular flexibility index (Phi) is 4.49. The van der Waals surface area contributed by atoms with Crippen LogP contribution in [0.3, 0.4) is 0 Å². The van der Waals surface area contributed by atoms with E-state index in [9.17, 15) is 13.2 Å². The Balaban J connectivity index is 2.00. The molecule has 0 radical (unpaired) electrons. The standard InChI is InChI=1S/C14H10F3N3OS2/c1-2-22-10-4-3-5-18-11(10)13-20-9-6-8(23-14(15,16)17)7-19-12(9)21-13/h3-7H,2H2,1H3. The monoisotopic (exact) mass is 357 g/mol. The molecule has 0 spiro atoms. The second-order valence-corrected chi connectivity index (χ2v) is 6.79. The van der Waals surface area contributed by atoms with Gasteiger partial charge in [0, 0.05) is 22.2 Å². The van der Waals surface area contributed by atoms with Crippen molar-refractivity contribution in [2.75, 3.05) is 5.75 Å². The first-order valence-electron chi connectivity index (χ1n) is 6.57. The van der Waals surface area contributed by atoms with E-state index in [1.807, 2.05) is 13.0 Å². The van der Waals surface area contributed by atoms with E-state index in [0.29, 0.717) is 5.69 Å². The molecule has 0 N–H and O–H groups in total. The van der Waals surface area contributed by atoms with Crippen LogP contribution in [0.2, 0.25) is 0 Å². The Labute approximate surface area is 137 Å². The molecule has 0 saturated heterocycles. The lowest BCUT2D eigenvalue weighted by molar-refractivity contribution is -0.0328. The highest BCUT2D eigenvalue weighted by Gasteiger charge is 2.29. The summed E-state index contributed by atoms with van der Waals surface area (Å²) in [6.07, 6.45) is 2.73. The molecule has 0 atom stereocenters. The highest BCUT2D eigenvalue weighted by atomic mass is 32.2. The van der Waals surface area contributed by atoms with Crippen LogP contribution in [0.15, 0.2) is 44.8 Å². The molecule has 0 aliphatic rings. The number of halogens is 3. The van der Waals surface area contributed by atoms with Crippen molar-refractivity contribution >= 4 is 34.8 Å². The zero-order chi connectivity index (χ0) is 16.4. The van der Waals surface area contributed by atoms with Gasteiger partial charge in [-0.3, -0.25) is 0 Å². The van der Waals surface area contributed by atoms with Gasteiger partial charge in [0.25, 0.3) is 0 Å². The molecule has 0 amide bonds.